The number of nitrogens with zero attached hydrogens (tertiary/aromatic N) is 1. The molecule has 188 valence electrons. The Morgan fingerprint density at radius 2 is 0.452 bits per heavy atom. The Balaban J connectivity index is 4.61. The van der Waals surface area contributed by atoms with Gasteiger partial charge in [0.15, 0.2) is 0 Å². The van der Waals surface area contributed by atoms with Gasteiger partial charge in [-0.05, 0) is 51.4 Å². The molecule has 0 fully saturated rings. The van der Waals surface area contributed by atoms with E-state index in [4.69, 9.17) is 0 Å². The van der Waals surface area contributed by atoms with Gasteiger partial charge in [-0.1, -0.05) is 118 Å². The third kappa shape index (κ3) is 20.3. The fraction of sp³-hybridized carbons (Fsp3) is 1.00. The van der Waals surface area contributed by atoms with Crippen LogP contribution in [-0.4, -0.2) is 30.7 Å². The predicted molar refractivity (Wildman–Crippen MR) is 144 cm³/mol. The first kappa shape index (κ1) is 31.0. The Morgan fingerprint density at radius 3 is 0.710 bits per heavy atom. The van der Waals surface area contributed by atoms with Gasteiger partial charge in [-0.3, -0.25) is 0 Å². The first-order chi connectivity index (χ1) is 15.2. The van der Waals surface area contributed by atoms with Crippen molar-refractivity contribution in [3.05, 3.63) is 0 Å². The van der Waals surface area contributed by atoms with Crippen molar-refractivity contribution < 1.29 is 4.48 Å². The molecule has 0 unspecified atom stereocenters. The summed E-state index contributed by atoms with van der Waals surface area (Å²) in [7, 11) is 0. The Kier molecular flexibility index (Phi) is 24.6. The van der Waals surface area contributed by atoms with Gasteiger partial charge in [-0.15, -0.1) is 0 Å². The normalized spacial score (nSPS) is 12.0. The fourth-order valence-electron chi connectivity index (χ4n) is 5.23. The number of rotatable bonds is 26. The highest BCUT2D eigenvalue weighted by Gasteiger charge is 2.25. The van der Waals surface area contributed by atoms with Crippen LogP contribution in [0.5, 0.6) is 0 Å². The zero-order valence-electron chi connectivity index (χ0n) is 22.8. The van der Waals surface area contributed by atoms with Crippen molar-refractivity contribution in [3.63, 3.8) is 0 Å². The van der Waals surface area contributed by atoms with Crippen molar-refractivity contribution in [1.29, 1.82) is 0 Å². The maximum Gasteiger partial charge on any atom is 0.0786 e. The Morgan fingerprint density at radius 1 is 0.258 bits per heavy atom. The van der Waals surface area contributed by atoms with Gasteiger partial charge in [0.2, 0.25) is 0 Å². The summed E-state index contributed by atoms with van der Waals surface area (Å²) < 4.78 is 1.47. The van der Waals surface area contributed by atoms with E-state index in [9.17, 15) is 0 Å². The van der Waals surface area contributed by atoms with Crippen LogP contribution in [0.1, 0.15) is 169 Å². The van der Waals surface area contributed by atoms with Crippen LogP contribution >= 0.6 is 0 Å². The molecule has 0 heterocycles. The van der Waals surface area contributed by atoms with Crippen molar-refractivity contribution >= 4 is 0 Å². The topological polar surface area (TPSA) is 0 Å². The van der Waals surface area contributed by atoms with Crippen LogP contribution in [-0.2, 0) is 0 Å². The van der Waals surface area contributed by atoms with E-state index in [2.05, 4.69) is 27.7 Å². The third-order valence-electron chi connectivity index (χ3n) is 7.44. The zero-order chi connectivity index (χ0) is 22.9. The van der Waals surface area contributed by atoms with E-state index in [0.717, 1.165) is 0 Å². The van der Waals surface area contributed by atoms with E-state index < -0.39 is 0 Å². The lowest BCUT2D eigenvalue weighted by atomic mass is 10.0. The lowest BCUT2D eigenvalue weighted by Gasteiger charge is -2.39. The summed E-state index contributed by atoms with van der Waals surface area (Å²) in [6.45, 7) is 15.2. The minimum Gasteiger partial charge on any atom is -0.324 e. The molecule has 0 atom stereocenters. The molecule has 0 aromatic rings. The maximum atomic E-state index is 2.35. The van der Waals surface area contributed by atoms with Crippen molar-refractivity contribution in [2.24, 2.45) is 0 Å². The molecule has 0 aromatic heterocycles. The molecule has 0 rings (SSSR count). The van der Waals surface area contributed by atoms with E-state index in [-0.39, 0.29) is 0 Å². The fourth-order valence-corrected chi connectivity index (χ4v) is 5.23. The molecule has 0 saturated carbocycles. The summed E-state index contributed by atoms with van der Waals surface area (Å²) in [6.07, 6.45) is 31.8. The Hall–Kier alpha value is -0.0400. The average molecular weight is 439 g/mol. The molecular weight excluding hydrogens is 374 g/mol. The van der Waals surface area contributed by atoms with Crippen LogP contribution in [0, 0.1) is 0 Å². The average Bonchev–Trinajstić information content (AvgIpc) is 2.78. The van der Waals surface area contributed by atoms with Gasteiger partial charge in [0.1, 0.15) is 0 Å². The van der Waals surface area contributed by atoms with Gasteiger partial charge in [-0.2, -0.15) is 0 Å². The number of hydrogen-bond donors (Lipinski definition) is 0. The summed E-state index contributed by atoms with van der Waals surface area (Å²) in [5.41, 5.74) is 0. The van der Waals surface area contributed by atoms with Crippen LogP contribution in [0.4, 0.5) is 0 Å². The lowest BCUT2D eigenvalue weighted by molar-refractivity contribution is -0.929. The minimum atomic E-state index is 1.37. The molecule has 0 N–H and O–H groups in total. The van der Waals surface area contributed by atoms with Crippen LogP contribution in [0.15, 0.2) is 0 Å². The van der Waals surface area contributed by atoms with E-state index in [1.807, 2.05) is 0 Å². The highest BCUT2D eigenvalue weighted by Crippen LogP contribution is 2.20. The van der Waals surface area contributed by atoms with E-state index in [0.29, 0.717) is 0 Å². The molecule has 1 heteroatoms. The number of unbranched alkanes of at least 4 members (excludes halogenated alkanes) is 18. The van der Waals surface area contributed by atoms with E-state index in [1.165, 1.54) is 172 Å². The summed E-state index contributed by atoms with van der Waals surface area (Å²) in [4.78, 5) is 0. The van der Waals surface area contributed by atoms with Crippen molar-refractivity contribution in [2.75, 3.05) is 26.2 Å². The van der Waals surface area contributed by atoms with Gasteiger partial charge in [0.05, 0.1) is 26.2 Å². The highest BCUT2D eigenvalue weighted by atomic mass is 15.3. The molecule has 0 saturated heterocycles. The van der Waals surface area contributed by atoms with Gasteiger partial charge < -0.3 is 4.48 Å². The molecule has 0 aliphatic rings. The summed E-state index contributed by atoms with van der Waals surface area (Å²) in [6, 6.07) is 0. The second-order valence-corrected chi connectivity index (χ2v) is 10.6. The highest BCUT2D eigenvalue weighted by molar-refractivity contribution is 4.54. The smallest absolute Gasteiger partial charge is 0.0786 e. The largest absolute Gasteiger partial charge is 0.324 e. The number of hydrogen-bond acceptors (Lipinski definition) is 0. The van der Waals surface area contributed by atoms with Crippen LogP contribution < -0.4 is 0 Å². The molecule has 0 bridgehead atoms. The van der Waals surface area contributed by atoms with Crippen LogP contribution in [0.3, 0.4) is 0 Å². The maximum absolute atomic E-state index is 2.35. The molecule has 0 amide bonds. The third-order valence-corrected chi connectivity index (χ3v) is 7.44. The minimum absolute atomic E-state index is 1.37. The van der Waals surface area contributed by atoms with Crippen molar-refractivity contribution in [2.45, 2.75) is 169 Å². The molecule has 0 spiro atoms. The molecular formula is C30H64N+. The first-order valence-corrected chi connectivity index (χ1v) is 15.1. The van der Waals surface area contributed by atoms with E-state index in [1.54, 1.807) is 0 Å². The Bertz CT molecular complexity index is 292. The molecule has 0 radical (unpaired) electrons. The van der Waals surface area contributed by atoms with Crippen LogP contribution in [0.2, 0.25) is 0 Å². The molecule has 0 aliphatic heterocycles. The SMILES string of the molecule is CCCCCCCCC[N+](CCCCCC)(CCCCCC)CCCCCCCCC. The van der Waals surface area contributed by atoms with Crippen molar-refractivity contribution in [3.8, 4) is 0 Å². The van der Waals surface area contributed by atoms with Crippen LogP contribution in [0.25, 0.3) is 0 Å². The monoisotopic (exact) mass is 439 g/mol. The quantitative estimate of drug-likeness (QED) is 0.0930. The van der Waals surface area contributed by atoms with Gasteiger partial charge in [0.25, 0.3) is 0 Å². The first-order valence-electron chi connectivity index (χ1n) is 15.1. The molecule has 0 aromatic carbocycles. The lowest BCUT2D eigenvalue weighted by Crippen LogP contribution is -2.50. The summed E-state index contributed by atoms with van der Waals surface area (Å²) >= 11 is 0. The second kappa shape index (κ2) is 24.6. The molecule has 31 heavy (non-hydrogen) atoms. The number of quaternary nitrogens is 1. The van der Waals surface area contributed by atoms with Gasteiger partial charge in [-0.25, -0.2) is 0 Å². The van der Waals surface area contributed by atoms with Gasteiger partial charge in [0, 0.05) is 0 Å². The van der Waals surface area contributed by atoms with E-state index >= 15 is 0 Å². The zero-order valence-corrected chi connectivity index (χ0v) is 22.8. The Labute approximate surface area is 199 Å². The summed E-state index contributed by atoms with van der Waals surface area (Å²) in [5.74, 6) is 0. The molecule has 1 nitrogen and oxygen atoms in total. The van der Waals surface area contributed by atoms with Crippen molar-refractivity contribution in [1.82, 2.24) is 0 Å². The predicted octanol–water partition coefficient (Wildman–Crippen LogP) is 10.5. The van der Waals surface area contributed by atoms with Gasteiger partial charge >= 0.3 is 0 Å². The standard InChI is InChI=1S/C30H64N/c1-5-9-13-17-19-21-25-29-31(27-23-15-11-7-3,28-24-16-12-8-4)30-26-22-20-18-14-10-6-2/h5-30H2,1-4H3/q+1. The molecule has 0 aliphatic carbocycles. The summed E-state index contributed by atoms with van der Waals surface area (Å²) in [5, 5.41) is 0. The second-order valence-electron chi connectivity index (χ2n) is 10.6.